The van der Waals surface area contributed by atoms with Crippen LogP contribution in [0.25, 0.3) is 0 Å². The molecule has 1 atom stereocenters. The quantitative estimate of drug-likeness (QED) is 0.510. The summed E-state index contributed by atoms with van der Waals surface area (Å²) in [6.45, 7) is 8.01. The van der Waals surface area contributed by atoms with Crippen LogP contribution >= 0.6 is 0 Å². The first kappa shape index (κ1) is 9.48. The maximum absolute atomic E-state index is 3.70. The minimum Gasteiger partial charge on any atom is -0.103 e. The molecule has 0 saturated carbocycles. The van der Waals surface area contributed by atoms with E-state index in [9.17, 15) is 0 Å². The van der Waals surface area contributed by atoms with Crippen LogP contribution in [0.4, 0.5) is 0 Å². The molecule has 0 aromatic heterocycles. The zero-order valence-electron chi connectivity index (χ0n) is 7.14. The van der Waals surface area contributed by atoms with Crippen molar-refractivity contribution in [3.63, 3.8) is 0 Å². The van der Waals surface area contributed by atoms with E-state index in [4.69, 9.17) is 0 Å². The van der Waals surface area contributed by atoms with Gasteiger partial charge in [-0.15, -0.1) is 6.58 Å². The molecule has 0 aliphatic rings. The molecule has 0 saturated heterocycles. The van der Waals surface area contributed by atoms with Crippen LogP contribution in [0.5, 0.6) is 0 Å². The Morgan fingerprint density at radius 3 is 2.60 bits per heavy atom. The lowest BCUT2D eigenvalue weighted by Crippen LogP contribution is -1.92. The van der Waals surface area contributed by atoms with Crippen LogP contribution < -0.4 is 0 Å². The molecule has 0 heteroatoms. The van der Waals surface area contributed by atoms with Crippen LogP contribution in [0.2, 0.25) is 0 Å². The van der Waals surface area contributed by atoms with Gasteiger partial charge in [0.25, 0.3) is 0 Å². The molecule has 0 aromatic rings. The van der Waals surface area contributed by atoms with Gasteiger partial charge < -0.3 is 0 Å². The molecule has 58 valence electrons. The third kappa shape index (κ3) is 4.37. The standard InChI is InChI=1S/C10H18/c1-4-7-9-10(6-3)8-5-2/h4-5,8,10H,1,6-7,9H2,2-3H3. The van der Waals surface area contributed by atoms with E-state index in [0.29, 0.717) is 0 Å². The Hall–Kier alpha value is -0.520. The van der Waals surface area contributed by atoms with Crippen LogP contribution in [0.15, 0.2) is 24.8 Å². The normalized spacial score (nSPS) is 13.8. The Kier molecular flexibility index (Phi) is 6.25. The molecule has 0 rings (SSSR count). The number of hydrogen-bond acceptors (Lipinski definition) is 0. The highest BCUT2D eigenvalue weighted by Crippen LogP contribution is 2.12. The van der Waals surface area contributed by atoms with Gasteiger partial charge in [0, 0.05) is 0 Å². The Balaban J connectivity index is 3.49. The van der Waals surface area contributed by atoms with Crippen LogP contribution in [0, 0.1) is 5.92 Å². The monoisotopic (exact) mass is 138 g/mol. The van der Waals surface area contributed by atoms with Crippen molar-refractivity contribution in [2.24, 2.45) is 5.92 Å². The fourth-order valence-corrected chi connectivity index (χ4v) is 1.04. The topological polar surface area (TPSA) is 0 Å². The fraction of sp³-hybridized carbons (Fsp3) is 0.600. The number of hydrogen-bond donors (Lipinski definition) is 0. The number of rotatable bonds is 5. The lowest BCUT2D eigenvalue weighted by Gasteiger charge is -2.06. The second kappa shape index (κ2) is 6.60. The van der Waals surface area contributed by atoms with E-state index in [2.05, 4.69) is 32.6 Å². The molecule has 0 aromatic carbocycles. The second-order valence-electron chi connectivity index (χ2n) is 2.56. The molecule has 0 bridgehead atoms. The van der Waals surface area contributed by atoms with E-state index in [1.165, 1.54) is 12.8 Å². The molecule has 0 amide bonds. The molecule has 0 fully saturated rings. The van der Waals surface area contributed by atoms with Gasteiger partial charge in [-0.05, 0) is 32.1 Å². The summed E-state index contributed by atoms with van der Waals surface area (Å²) in [4.78, 5) is 0. The highest BCUT2D eigenvalue weighted by atomic mass is 14.0. The summed E-state index contributed by atoms with van der Waals surface area (Å²) in [6, 6.07) is 0. The van der Waals surface area contributed by atoms with Crippen molar-refractivity contribution in [2.75, 3.05) is 0 Å². The van der Waals surface area contributed by atoms with Crippen molar-refractivity contribution < 1.29 is 0 Å². The summed E-state index contributed by atoms with van der Waals surface area (Å²) in [5, 5.41) is 0. The van der Waals surface area contributed by atoms with Gasteiger partial charge in [-0.1, -0.05) is 25.2 Å². The van der Waals surface area contributed by atoms with Gasteiger partial charge in [0.15, 0.2) is 0 Å². The van der Waals surface area contributed by atoms with E-state index in [-0.39, 0.29) is 0 Å². The molecule has 0 spiro atoms. The lowest BCUT2D eigenvalue weighted by molar-refractivity contribution is 0.579. The predicted molar refractivity (Wildman–Crippen MR) is 48.0 cm³/mol. The predicted octanol–water partition coefficient (Wildman–Crippen LogP) is 3.55. The average Bonchev–Trinajstić information content (AvgIpc) is 1.98. The molecule has 0 aliphatic heterocycles. The summed E-state index contributed by atoms with van der Waals surface area (Å²) in [5.41, 5.74) is 0. The Morgan fingerprint density at radius 2 is 2.20 bits per heavy atom. The van der Waals surface area contributed by atoms with Gasteiger partial charge in [-0.3, -0.25) is 0 Å². The van der Waals surface area contributed by atoms with E-state index < -0.39 is 0 Å². The first-order valence-corrected chi connectivity index (χ1v) is 4.08. The van der Waals surface area contributed by atoms with E-state index in [0.717, 1.165) is 12.3 Å². The van der Waals surface area contributed by atoms with Gasteiger partial charge >= 0.3 is 0 Å². The van der Waals surface area contributed by atoms with Crippen LogP contribution in [-0.4, -0.2) is 0 Å². The molecule has 0 nitrogen and oxygen atoms in total. The average molecular weight is 138 g/mol. The van der Waals surface area contributed by atoms with Crippen molar-refractivity contribution in [3.05, 3.63) is 24.8 Å². The summed E-state index contributed by atoms with van der Waals surface area (Å²) < 4.78 is 0. The zero-order chi connectivity index (χ0) is 7.82. The molecular weight excluding hydrogens is 120 g/mol. The minimum absolute atomic E-state index is 0.767. The van der Waals surface area contributed by atoms with Crippen molar-refractivity contribution in [1.82, 2.24) is 0 Å². The first-order valence-electron chi connectivity index (χ1n) is 4.08. The smallest absolute Gasteiger partial charge is 0.0233 e. The van der Waals surface area contributed by atoms with Crippen LogP contribution in [0.3, 0.4) is 0 Å². The fourth-order valence-electron chi connectivity index (χ4n) is 1.04. The Morgan fingerprint density at radius 1 is 1.50 bits per heavy atom. The van der Waals surface area contributed by atoms with Crippen LogP contribution in [0.1, 0.15) is 33.1 Å². The maximum Gasteiger partial charge on any atom is -0.0233 e. The third-order valence-electron chi connectivity index (χ3n) is 1.73. The number of allylic oxidation sites excluding steroid dienone is 3. The molecule has 0 aliphatic carbocycles. The van der Waals surface area contributed by atoms with Crippen molar-refractivity contribution in [1.29, 1.82) is 0 Å². The van der Waals surface area contributed by atoms with Crippen LogP contribution in [-0.2, 0) is 0 Å². The largest absolute Gasteiger partial charge is 0.103 e. The summed E-state index contributed by atoms with van der Waals surface area (Å²) >= 11 is 0. The van der Waals surface area contributed by atoms with Gasteiger partial charge in [0.1, 0.15) is 0 Å². The Bertz CT molecular complexity index is 101. The minimum atomic E-state index is 0.767. The maximum atomic E-state index is 3.70. The molecule has 0 heterocycles. The molecule has 10 heavy (non-hydrogen) atoms. The van der Waals surface area contributed by atoms with Gasteiger partial charge in [0.2, 0.25) is 0 Å². The molecule has 0 N–H and O–H groups in total. The summed E-state index contributed by atoms with van der Waals surface area (Å²) in [7, 11) is 0. The van der Waals surface area contributed by atoms with E-state index in [1.54, 1.807) is 0 Å². The van der Waals surface area contributed by atoms with Gasteiger partial charge in [-0.25, -0.2) is 0 Å². The first-order chi connectivity index (χ1) is 4.85. The highest BCUT2D eigenvalue weighted by molar-refractivity contribution is 4.86. The molecule has 0 radical (unpaired) electrons. The third-order valence-corrected chi connectivity index (χ3v) is 1.73. The molecular formula is C10H18. The van der Waals surface area contributed by atoms with Crippen molar-refractivity contribution in [3.8, 4) is 0 Å². The van der Waals surface area contributed by atoms with Crippen molar-refractivity contribution >= 4 is 0 Å². The lowest BCUT2D eigenvalue weighted by atomic mass is 10.00. The SMILES string of the molecule is C=CCCC(C=CC)CC. The molecule has 1 unspecified atom stereocenters. The highest BCUT2D eigenvalue weighted by Gasteiger charge is 1.97. The van der Waals surface area contributed by atoms with E-state index in [1.807, 2.05) is 6.08 Å². The summed E-state index contributed by atoms with van der Waals surface area (Å²) in [6.07, 6.45) is 10.1. The van der Waals surface area contributed by atoms with Crippen molar-refractivity contribution in [2.45, 2.75) is 33.1 Å². The summed E-state index contributed by atoms with van der Waals surface area (Å²) in [5.74, 6) is 0.767. The van der Waals surface area contributed by atoms with Gasteiger partial charge in [0.05, 0.1) is 0 Å². The van der Waals surface area contributed by atoms with Gasteiger partial charge in [-0.2, -0.15) is 0 Å². The zero-order valence-corrected chi connectivity index (χ0v) is 7.14. The Labute approximate surface area is 64.6 Å². The van der Waals surface area contributed by atoms with E-state index >= 15 is 0 Å². The second-order valence-corrected chi connectivity index (χ2v) is 2.56.